The van der Waals surface area contributed by atoms with Gasteiger partial charge in [0.2, 0.25) is 5.88 Å². The summed E-state index contributed by atoms with van der Waals surface area (Å²) in [4.78, 5) is 13.4. The number of hydrogen-bond acceptors (Lipinski definition) is 6. The summed E-state index contributed by atoms with van der Waals surface area (Å²) < 4.78 is 5.10. The molecule has 6 nitrogen and oxygen atoms in total. The summed E-state index contributed by atoms with van der Waals surface area (Å²) in [6.45, 7) is 8.53. The van der Waals surface area contributed by atoms with E-state index < -0.39 is 0 Å². The number of ether oxygens (including phenoxy) is 1. The van der Waals surface area contributed by atoms with Crippen LogP contribution in [0.2, 0.25) is 0 Å². The number of anilines is 2. The van der Waals surface area contributed by atoms with Crippen molar-refractivity contribution >= 4 is 11.5 Å². The predicted octanol–water partition coefficient (Wildman–Crippen LogP) is 2.24. The van der Waals surface area contributed by atoms with Crippen LogP contribution in [0.1, 0.15) is 12.5 Å². The zero-order valence-corrected chi connectivity index (χ0v) is 14.4. The van der Waals surface area contributed by atoms with Gasteiger partial charge in [-0.2, -0.15) is 4.98 Å². The molecular weight excluding hydrogens is 302 g/mol. The SMILES string of the molecule is CCN1CCN(c2cccc(CNc3cncc(OC)n3)c2)CC1. The molecule has 0 radical (unpaired) electrons. The minimum atomic E-state index is 0.516. The van der Waals surface area contributed by atoms with Gasteiger partial charge < -0.3 is 19.9 Å². The number of hydrogen-bond donors (Lipinski definition) is 1. The lowest BCUT2D eigenvalue weighted by molar-refractivity contribution is 0.271. The van der Waals surface area contributed by atoms with E-state index in [4.69, 9.17) is 4.74 Å². The number of methoxy groups -OCH3 is 1. The second-order valence-corrected chi connectivity index (χ2v) is 5.89. The Morgan fingerprint density at radius 3 is 2.75 bits per heavy atom. The summed E-state index contributed by atoms with van der Waals surface area (Å²) in [6.07, 6.45) is 3.30. The third-order valence-corrected chi connectivity index (χ3v) is 4.39. The average molecular weight is 327 g/mol. The Labute approximate surface area is 143 Å². The van der Waals surface area contributed by atoms with Crippen LogP contribution in [0.15, 0.2) is 36.7 Å². The minimum Gasteiger partial charge on any atom is -0.480 e. The van der Waals surface area contributed by atoms with Crippen LogP contribution in [0, 0.1) is 0 Å². The van der Waals surface area contributed by atoms with Crippen LogP contribution in [0.25, 0.3) is 0 Å². The summed E-state index contributed by atoms with van der Waals surface area (Å²) in [6, 6.07) is 8.70. The summed E-state index contributed by atoms with van der Waals surface area (Å²) in [7, 11) is 1.59. The smallest absolute Gasteiger partial charge is 0.233 e. The molecule has 0 aliphatic carbocycles. The maximum Gasteiger partial charge on any atom is 0.233 e. The Kier molecular flexibility index (Phi) is 5.48. The minimum absolute atomic E-state index is 0.516. The van der Waals surface area contributed by atoms with Gasteiger partial charge >= 0.3 is 0 Å². The van der Waals surface area contributed by atoms with E-state index in [1.807, 2.05) is 0 Å². The van der Waals surface area contributed by atoms with E-state index in [0.717, 1.165) is 38.5 Å². The molecule has 2 heterocycles. The Bertz CT molecular complexity index is 655. The van der Waals surface area contributed by atoms with Gasteiger partial charge in [0.15, 0.2) is 0 Å². The van der Waals surface area contributed by atoms with E-state index in [0.29, 0.717) is 12.4 Å². The first-order valence-electron chi connectivity index (χ1n) is 8.44. The number of nitrogens with one attached hydrogen (secondary N) is 1. The first-order valence-corrected chi connectivity index (χ1v) is 8.44. The maximum absolute atomic E-state index is 5.10. The number of likely N-dealkylation sites (N-methyl/N-ethyl adjacent to an activating group) is 1. The van der Waals surface area contributed by atoms with Crippen LogP contribution in [-0.4, -0.2) is 54.7 Å². The Morgan fingerprint density at radius 1 is 1.17 bits per heavy atom. The topological polar surface area (TPSA) is 53.5 Å². The first kappa shape index (κ1) is 16.5. The quantitative estimate of drug-likeness (QED) is 0.878. The molecule has 6 heteroatoms. The fraction of sp³-hybridized carbons (Fsp3) is 0.444. The number of benzene rings is 1. The molecule has 1 N–H and O–H groups in total. The molecule has 1 saturated heterocycles. The van der Waals surface area contributed by atoms with Crippen LogP contribution < -0.4 is 15.0 Å². The monoisotopic (exact) mass is 327 g/mol. The van der Waals surface area contributed by atoms with E-state index in [-0.39, 0.29) is 0 Å². The van der Waals surface area contributed by atoms with Crippen molar-refractivity contribution in [2.45, 2.75) is 13.5 Å². The molecule has 24 heavy (non-hydrogen) atoms. The van der Waals surface area contributed by atoms with Crippen molar-refractivity contribution in [3.05, 3.63) is 42.2 Å². The number of nitrogens with zero attached hydrogens (tertiary/aromatic N) is 4. The van der Waals surface area contributed by atoms with Gasteiger partial charge in [-0.1, -0.05) is 19.1 Å². The molecule has 128 valence electrons. The highest BCUT2D eigenvalue weighted by molar-refractivity contribution is 5.50. The molecular formula is C18H25N5O. The van der Waals surface area contributed by atoms with Crippen molar-refractivity contribution < 1.29 is 4.74 Å². The summed E-state index contributed by atoms with van der Waals surface area (Å²) in [5.41, 5.74) is 2.52. The normalized spacial score (nSPS) is 15.3. The third-order valence-electron chi connectivity index (χ3n) is 4.39. The van der Waals surface area contributed by atoms with Crippen LogP contribution in [0.4, 0.5) is 11.5 Å². The Hall–Kier alpha value is -2.34. The van der Waals surface area contributed by atoms with Gasteiger partial charge in [-0.15, -0.1) is 0 Å². The lowest BCUT2D eigenvalue weighted by Crippen LogP contribution is -2.46. The van der Waals surface area contributed by atoms with Gasteiger partial charge in [0.1, 0.15) is 5.82 Å². The van der Waals surface area contributed by atoms with E-state index in [9.17, 15) is 0 Å². The van der Waals surface area contributed by atoms with Gasteiger partial charge in [0.05, 0.1) is 19.5 Å². The summed E-state index contributed by atoms with van der Waals surface area (Å²) in [5, 5.41) is 3.30. The van der Waals surface area contributed by atoms with E-state index in [1.54, 1.807) is 19.5 Å². The molecule has 1 aliphatic heterocycles. The van der Waals surface area contributed by atoms with E-state index >= 15 is 0 Å². The zero-order valence-electron chi connectivity index (χ0n) is 14.4. The Morgan fingerprint density at radius 2 is 2.00 bits per heavy atom. The third kappa shape index (κ3) is 4.14. The summed E-state index contributed by atoms with van der Waals surface area (Å²) in [5.74, 6) is 1.24. The van der Waals surface area contributed by atoms with Crippen LogP contribution >= 0.6 is 0 Å². The molecule has 0 atom stereocenters. The molecule has 2 aromatic rings. The summed E-state index contributed by atoms with van der Waals surface area (Å²) >= 11 is 0. The van der Waals surface area contributed by atoms with Crippen LogP contribution in [0.3, 0.4) is 0 Å². The second kappa shape index (κ2) is 7.97. The molecule has 0 bridgehead atoms. The first-order chi connectivity index (χ1) is 11.8. The highest BCUT2D eigenvalue weighted by Gasteiger charge is 2.15. The lowest BCUT2D eigenvalue weighted by Gasteiger charge is -2.35. The zero-order chi connectivity index (χ0) is 16.8. The molecule has 1 aromatic heterocycles. The van der Waals surface area contributed by atoms with Gasteiger partial charge in [0, 0.05) is 38.4 Å². The molecule has 1 aliphatic rings. The fourth-order valence-corrected chi connectivity index (χ4v) is 2.91. The van der Waals surface area contributed by atoms with Gasteiger partial charge in [-0.25, -0.2) is 0 Å². The molecule has 3 rings (SSSR count). The maximum atomic E-state index is 5.10. The van der Waals surface area contributed by atoms with Gasteiger partial charge in [0.25, 0.3) is 0 Å². The Balaban J connectivity index is 1.61. The number of aromatic nitrogens is 2. The van der Waals surface area contributed by atoms with Crippen molar-refractivity contribution in [3.63, 3.8) is 0 Å². The van der Waals surface area contributed by atoms with Crippen molar-refractivity contribution in [1.29, 1.82) is 0 Å². The van der Waals surface area contributed by atoms with E-state index in [1.165, 1.54) is 11.3 Å². The molecule has 0 amide bonds. The molecule has 1 aromatic carbocycles. The predicted molar refractivity (Wildman–Crippen MR) is 96.7 cm³/mol. The standard InChI is InChI=1S/C18H25N5O/c1-3-22-7-9-23(10-8-22)16-6-4-5-15(11-16)12-20-17-13-19-14-18(21-17)24-2/h4-6,11,13-14H,3,7-10,12H2,1-2H3,(H,20,21). The van der Waals surface area contributed by atoms with Gasteiger partial charge in [-0.3, -0.25) is 4.98 Å². The average Bonchev–Trinajstić information content (AvgIpc) is 2.67. The van der Waals surface area contributed by atoms with Crippen molar-refractivity contribution in [3.8, 4) is 5.88 Å². The highest BCUT2D eigenvalue weighted by Crippen LogP contribution is 2.19. The molecule has 1 fully saturated rings. The van der Waals surface area contributed by atoms with Crippen molar-refractivity contribution in [2.75, 3.05) is 50.1 Å². The van der Waals surface area contributed by atoms with Crippen molar-refractivity contribution in [1.82, 2.24) is 14.9 Å². The second-order valence-electron chi connectivity index (χ2n) is 5.89. The number of piperazine rings is 1. The van der Waals surface area contributed by atoms with Crippen molar-refractivity contribution in [2.24, 2.45) is 0 Å². The van der Waals surface area contributed by atoms with Gasteiger partial charge in [-0.05, 0) is 24.2 Å². The van der Waals surface area contributed by atoms with Crippen LogP contribution in [0.5, 0.6) is 5.88 Å². The van der Waals surface area contributed by atoms with E-state index in [2.05, 4.69) is 56.3 Å². The van der Waals surface area contributed by atoms with Crippen LogP contribution in [-0.2, 0) is 6.54 Å². The highest BCUT2D eigenvalue weighted by atomic mass is 16.5. The lowest BCUT2D eigenvalue weighted by atomic mass is 10.1. The fourth-order valence-electron chi connectivity index (χ4n) is 2.91. The molecule has 0 spiro atoms. The molecule has 0 unspecified atom stereocenters. The molecule has 0 saturated carbocycles. The largest absolute Gasteiger partial charge is 0.480 e. The number of rotatable bonds is 6.